The van der Waals surface area contributed by atoms with Crippen LogP contribution in [-0.4, -0.2) is 29.0 Å². The summed E-state index contributed by atoms with van der Waals surface area (Å²) in [7, 11) is 0. The van der Waals surface area contributed by atoms with E-state index < -0.39 is 0 Å². The highest BCUT2D eigenvalue weighted by molar-refractivity contribution is 5.42. The Hall–Kier alpha value is -1.06. The van der Waals surface area contributed by atoms with Gasteiger partial charge in [-0.05, 0) is 80.9 Å². The molecule has 0 heterocycles. The fraction of sp³-hybridized carbons (Fsp3) is 0.760. The third-order valence-electron chi connectivity index (χ3n) is 6.44. The van der Waals surface area contributed by atoms with Crippen LogP contribution in [0.4, 0.5) is 0 Å². The van der Waals surface area contributed by atoms with Gasteiger partial charge in [-0.25, -0.2) is 0 Å². The summed E-state index contributed by atoms with van der Waals surface area (Å²) in [4.78, 5) is 0. The first-order valence-electron chi connectivity index (χ1n) is 11.7. The number of hydrogen-bond acceptors (Lipinski definition) is 3. The maximum absolute atomic E-state index is 10.9. The van der Waals surface area contributed by atoms with Crippen LogP contribution in [0.1, 0.15) is 89.7 Å². The van der Waals surface area contributed by atoms with Crippen molar-refractivity contribution in [3.05, 3.63) is 29.3 Å². The Bertz CT molecular complexity index is 557. The van der Waals surface area contributed by atoms with E-state index in [1.54, 1.807) is 0 Å². The zero-order valence-electron chi connectivity index (χ0n) is 18.3. The van der Waals surface area contributed by atoms with Crippen LogP contribution in [-0.2, 0) is 12.8 Å². The van der Waals surface area contributed by atoms with Crippen molar-refractivity contribution in [1.29, 1.82) is 0 Å². The molecule has 3 nitrogen and oxygen atoms in total. The monoisotopic (exact) mass is 390 g/mol. The average Bonchev–Trinajstić information content (AvgIpc) is 2.69. The highest BCUT2D eigenvalue weighted by atomic mass is 16.5. The van der Waals surface area contributed by atoms with Gasteiger partial charge >= 0.3 is 0 Å². The topological polar surface area (TPSA) is 49.7 Å². The largest absolute Gasteiger partial charge is 0.494 e. The third-order valence-corrected chi connectivity index (χ3v) is 6.44. The van der Waals surface area contributed by atoms with Crippen LogP contribution in [0.25, 0.3) is 0 Å². The zero-order valence-corrected chi connectivity index (χ0v) is 18.3. The quantitative estimate of drug-likeness (QED) is 0.425. The lowest BCUT2D eigenvalue weighted by atomic mass is 9.72. The van der Waals surface area contributed by atoms with E-state index in [-0.39, 0.29) is 18.1 Å². The molecule has 1 aliphatic rings. The molecule has 0 saturated carbocycles. The molecule has 0 amide bonds. The van der Waals surface area contributed by atoms with Gasteiger partial charge in [-0.1, -0.05) is 51.7 Å². The molecule has 3 heteroatoms. The molecule has 0 bridgehead atoms. The van der Waals surface area contributed by atoms with Crippen LogP contribution in [0.5, 0.6) is 5.75 Å². The number of ether oxygens (including phenoxy) is 1. The van der Waals surface area contributed by atoms with Gasteiger partial charge in [-0.15, -0.1) is 0 Å². The summed E-state index contributed by atoms with van der Waals surface area (Å²) in [6.45, 7) is 7.08. The Morgan fingerprint density at radius 2 is 1.82 bits per heavy atom. The first-order valence-corrected chi connectivity index (χ1v) is 11.7. The van der Waals surface area contributed by atoms with Gasteiger partial charge in [0.05, 0.1) is 18.8 Å². The molecule has 2 rings (SSSR count). The van der Waals surface area contributed by atoms with Crippen molar-refractivity contribution in [2.24, 2.45) is 11.8 Å². The molecule has 0 aromatic heterocycles. The second-order valence-electron chi connectivity index (χ2n) is 8.58. The molecule has 1 aliphatic carbocycles. The van der Waals surface area contributed by atoms with Gasteiger partial charge in [0.15, 0.2) is 0 Å². The number of unbranched alkanes of at least 4 members (excludes halogenated alkanes) is 2. The van der Waals surface area contributed by atoms with Gasteiger partial charge < -0.3 is 14.9 Å². The molecule has 1 aromatic rings. The molecule has 0 radical (unpaired) electrons. The van der Waals surface area contributed by atoms with Crippen LogP contribution in [0.3, 0.4) is 0 Å². The van der Waals surface area contributed by atoms with Gasteiger partial charge in [0, 0.05) is 0 Å². The van der Waals surface area contributed by atoms with Crippen molar-refractivity contribution >= 4 is 0 Å². The van der Waals surface area contributed by atoms with E-state index in [9.17, 15) is 10.2 Å². The Balaban J connectivity index is 2.02. The molecule has 1 aromatic carbocycles. The van der Waals surface area contributed by atoms with Crippen molar-refractivity contribution in [2.45, 2.75) is 104 Å². The Kier molecular flexibility index (Phi) is 10.4. The summed E-state index contributed by atoms with van der Waals surface area (Å²) in [5.74, 6) is 1.81. The van der Waals surface area contributed by atoms with Crippen LogP contribution in [0.2, 0.25) is 0 Å². The Labute approximate surface area is 172 Å². The minimum absolute atomic E-state index is 0.219. The van der Waals surface area contributed by atoms with E-state index in [4.69, 9.17) is 4.74 Å². The van der Waals surface area contributed by atoms with Gasteiger partial charge in [-0.2, -0.15) is 0 Å². The summed E-state index contributed by atoms with van der Waals surface area (Å²) in [6.07, 6.45) is 10.7. The zero-order chi connectivity index (χ0) is 20.4. The van der Waals surface area contributed by atoms with E-state index >= 15 is 0 Å². The van der Waals surface area contributed by atoms with Crippen molar-refractivity contribution < 1.29 is 14.9 Å². The molecule has 28 heavy (non-hydrogen) atoms. The van der Waals surface area contributed by atoms with E-state index in [1.165, 1.54) is 24.0 Å². The third kappa shape index (κ3) is 6.77. The van der Waals surface area contributed by atoms with Crippen LogP contribution < -0.4 is 4.74 Å². The van der Waals surface area contributed by atoms with Crippen molar-refractivity contribution in [3.8, 4) is 5.75 Å². The first kappa shape index (κ1) is 23.2. The summed E-state index contributed by atoms with van der Waals surface area (Å²) < 4.78 is 5.83. The molecule has 0 spiro atoms. The summed E-state index contributed by atoms with van der Waals surface area (Å²) in [5, 5.41) is 21.3. The van der Waals surface area contributed by atoms with Gasteiger partial charge in [-0.3, -0.25) is 0 Å². The Morgan fingerprint density at radius 1 is 1.00 bits per heavy atom. The van der Waals surface area contributed by atoms with Gasteiger partial charge in [0.25, 0.3) is 0 Å². The highest BCUT2D eigenvalue weighted by Gasteiger charge is 2.32. The second-order valence-corrected chi connectivity index (χ2v) is 8.58. The molecule has 4 atom stereocenters. The number of hydrogen-bond donors (Lipinski definition) is 2. The van der Waals surface area contributed by atoms with E-state index in [0.717, 1.165) is 63.5 Å². The lowest BCUT2D eigenvalue weighted by Gasteiger charge is -2.35. The Morgan fingerprint density at radius 3 is 2.54 bits per heavy atom. The van der Waals surface area contributed by atoms with Crippen molar-refractivity contribution in [2.75, 3.05) is 6.61 Å². The fourth-order valence-electron chi connectivity index (χ4n) is 4.87. The second kappa shape index (κ2) is 12.5. The fourth-order valence-corrected chi connectivity index (χ4v) is 4.87. The lowest BCUT2D eigenvalue weighted by molar-refractivity contribution is 0.0411. The molecule has 2 N–H and O–H groups in total. The smallest absolute Gasteiger partial charge is 0.122 e. The van der Waals surface area contributed by atoms with Gasteiger partial charge in [0.1, 0.15) is 5.75 Å². The summed E-state index contributed by atoms with van der Waals surface area (Å²) >= 11 is 0. The van der Waals surface area contributed by atoms with E-state index in [0.29, 0.717) is 12.5 Å². The highest BCUT2D eigenvalue weighted by Crippen LogP contribution is 2.38. The summed E-state index contributed by atoms with van der Waals surface area (Å²) in [5.41, 5.74) is 2.75. The SMILES string of the molecule is CCCCC[C@H](O)CC[C@H]([C@@H]1CCc2c(cccc2OCC)C1)[C@H](O)CCC. The van der Waals surface area contributed by atoms with Gasteiger partial charge in [0.2, 0.25) is 0 Å². The van der Waals surface area contributed by atoms with Crippen molar-refractivity contribution in [3.63, 3.8) is 0 Å². The predicted molar refractivity (Wildman–Crippen MR) is 117 cm³/mol. The van der Waals surface area contributed by atoms with Crippen molar-refractivity contribution in [1.82, 2.24) is 0 Å². The maximum atomic E-state index is 10.9. The number of rotatable bonds is 13. The minimum atomic E-state index is -0.255. The molecular formula is C25H42O3. The van der Waals surface area contributed by atoms with E-state index in [1.807, 2.05) is 6.92 Å². The number of fused-ring (bicyclic) bond motifs is 1. The summed E-state index contributed by atoms with van der Waals surface area (Å²) in [6, 6.07) is 6.41. The standard InChI is InChI=1S/C25H42O3/c1-4-7-8-12-21(26)15-17-22(24(27)10-5-2)20-14-16-23-19(18-20)11-9-13-25(23)28-6-3/h9,11,13,20-22,24,26-27H,4-8,10,12,14-18H2,1-3H3/t20-,21+,22-,24-/m1/s1. The molecular weight excluding hydrogens is 348 g/mol. The number of aliphatic hydroxyl groups excluding tert-OH is 2. The number of benzene rings is 1. The minimum Gasteiger partial charge on any atom is -0.494 e. The molecule has 0 aliphatic heterocycles. The molecule has 0 saturated heterocycles. The maximum Gasteiger partial charge on any atom is 0.122 e. The lowest BCUT2D eigenvalue weighted by Crippen LogP contribution is -2.32. The molecule has 0 fully saturated rings. The molecule has 0 unspecified atom stereocenters. The normalized spacial score (nSPS) is 19.7. The van der Waals surface area contributed by atoms with Crippen LogP contribution in [0, 0.1) is 11.8 Å². The number of aliphatic hydroxyl groups is 2. The van der Waals surface area contributed by atoms with Crippen LogP contribution >= 0.6 is 0 Å². The predicted octanol–water partition coefficient (Wildman–Crippen LogP) is 5.69. The molecule has 160 valence electrons. The van der Waals surface area contributed by atoms with E-state index in [2.05, 4.69) is 32.0 Å². The first-order chi connectivity index (χ1) is 13.6. The average molecular weight is 391 g/mol. The van der Waals surface area contributed by atoms with Crippen LogP contribution in [0.15, 0.2) is 18.2 Å².